The molecule has 4 rings (SSSR count). The monoisotopic (exact) mass is 445 g/mol. The molecule has 1 aliphatic heterocycles. The van der Waals surface area contributed by atoms with Gasteiger partial charge in [0.15, 0.2) is 5.82 Å². The zero-order valence-electron chi connectivity index (χ0n) is 16.2. The van der Waals surface area contributed by atoms with Crippen molar-refractivity contribution in [2.75, 3.05) is 24.5 Å². The number of fused-ring (bicyclic) bond motifs is 1. The predicted molar refractivity (Wildman–Crippen MR) is 106 cm³/mol. The number of nitrogens with zero attached hydrogens (tertiary/aromatic N) is 2. The van der Waals surface area contributed by atoms with Gasteiger partial charge in [0.05, 0.1) is 16.2 Å². The number of amides is 1. The normalized spacial score (nSPS) is 19.5. The van der Waals surface area contributed by atoms with E-state index in [1.807, 2.05) is 5.32 Å². The second kappa shape index (κ2) is 7.44. The standard InChI is InChI=1S/C20H20ClF4N3O2/c1-10-17-13(4-5-14(29)28(17)12-2-3-12)15(21)16(22)18(10)27-7-6-11(9-27)8-26-19(30)20(23,24)25/h4-5,11-12H,2-3,6-9H2,1H3,(H,26,30). The molecule has 0 spiro atoms. The summed E-state index contributed by atoms with van der Waals surface area (Å²) in [7, 11) is 0. The van der Waals surface area contributed by atoms with Gasteiger partial charge >= 0.3 is 12.1 Å². The van der Waals surface area contributed by atoms with Crippen LogP contribution in [0.25, 0.3) is 10.9 Å². The Bertz CT molecular complexity index is 1080. The van der Waals surface area contributed by atoms with Gasteiger partial charge in [0.2, 0.25) is 0 Å². The van der Waals surface area contributed by atoms with Gasteiger partial charge in [0.25, 0.3) is 5.56 Å². The summed E-state index contributed by atoms with van der Waals surface area (Å²) in [6, 6.07) is 2.98. The molecule has 1 saturated heterocycles. The molecule has 1 aromatic carbocycles. The Hall–Kier alpha value is -2.29. The van der Waals surface area contributed by atoms with Gasteiger partial charge in [-0.2, -0.15) is 13.2 Å². The maximum absolute atomic E-state index is 15.2. The highest BCUT2D eigenvalue weighted by atomic mass is 35.5. The van der Waals surface area contributed by atoms with E-state index in [1.165, 1.54) is 12.1 Å². The first kappa shape index (κ1) is 21.0. The van der Waals surface area contributed by atoms with Crippen molar-refractivity contribution in [1.29, 1.82) is 0 Å². The van der Waals surface area contributed by atoms with Crippen LogP contribution in [-0.4, -0.2) is 36.3 Å². The summed E-state index contributed by atoms with van der Waals surface area (Å²) in [6.45, 7) is 2.27. The number of aromatic nitrogens is 1. The lowest BCUT2D eigenvalue weighted by molar-refractivity contribution is -0.173. The molecular formula is C20H20ClF4N3O2. The Labute approximate surface area is 174 Å². The number of rotatable bonds is 4. The van der Waals surface area contributed by atoms with Crippen LogP contribution in [-0.2, 0) is 4.79 Å². The molecule has 1 amide bonds. The lowest BCUT2D eigenvalue weighted by Gasteiger charge is -2.25. The van der Waals surface area contributed by atoms with Crippen molar-refractivity contribution in [3.8, 4) is 0 Å². The number of anilines is 1. The Morgan fingerprint density at radius 2 is 1.97 bits per heavy atom. The molecule has 30 heavy (non-hydrogen) atoms. The first-order valence-corrected chi connectivity index (χ1v) is 10.1. The number of alkyl halides is 3. The number of carbonyl (C=O) groups excluding carboxylic acids is 1. The summed E-state index contributed by atoms with van der Waals surface area (Å²) >= 11 is 6.32. The fraction of sp³-hybridized carbons (Fsp3) is 0.500. The molecule has 1 aliphatic carbocycles. The minimum absolute atomic E-state index is 0.0678. The molecule has 2 aromatic rings. The average Bonchev–Trinajstić information content (AvgIpc) is 3.41. The fourth-order valence-electron chi connectivity index (χ4n) is 4.22. The van der Waals surface area contributed by atoms with Gasteiger partial charge in [-0.25, -0.2) is 4.39 Å². The van der Waals surface area contributed by atoms with Gasteiger partial charge in [-0.05, 0) is 43.7 Å². The molecule has 2 aliphatic rings. The summed E-state index contributed by atoms with van der Waals surface area (Å²) < 4.78 is 54.0. The van der Waals surface area contributed by atoms with E-state index in [4.69, 9.17) is 11.6 Å². The first-order valence-electron chi connectivity index (χ1n) is 9.72. The van der Waals surface area contributed by atoms with Crippen molar-refractivity contribution in [3.05, 3.63) is 38.9 Å². The Kier molecular flexibility index (Phi) is 5.20. The number of carbonyl (C=O) groups is 1. The zero-order valence-corrected chi connectivity index (χ0v) is 16.9. The van der Waals surface area contributed by atoms with Crippen LogP contribution >= 0.6 is 11.6 Å². The van der Waals surface area contributed by atoms with Crippen molar-refractivity contribution in [2.45, 2.75) is 38.4 Å². The van der Waals surface area contributed by atoms with E-state index >= 15 is 4.39 Å². The third kappa shape index (κ3) is 3.64. The molecule has 1 aromatic heterocycles. The van der Waals surface area contributed by atoms with Crippen molar-refractivity contribution in [2.24, 2.45) is 5.92 Å². The van der Waals surface area contributed by atoms with Crippen molar-refractivity contribution in [3.63, 3.8) is 0 Å². The quantitative estimate of drug-likeness (QED) is 0.725. The Morgan fingerprint density at radius 3 is 2.60 bits per heavy atom. The number of pyridine rings is 1. The molecule has 2 heterocycles. The van der Waals surface area contributed by atoms with E-state index in [-0.39, 0.29) is 41.3 Å². The van der Waals surface area contributed by atoms with Crippen LogP contribution in [0, 0.1) is 18.7 Å². The second-order valence-electron chi connectivity index (χ2n) is 7.95. The molecule has 1 N–H and O–H groups in total. The number of aryl methyl sites for hydroxylation is 1. The summed E-state index contributed by atoms with van der Waals surface area (Å²) in [5.74, 6) is -2.85. The topological polar surface area (TPSA) is 54.3 Å². The zero-order chi connectivity index (χ0) is 21.8. The molecule has 10 heteroatoms. The summed E-state index contributed by atoms with van der Waals surface area (Å²) in [4.78, 5) is 25.2. The highest BCUT2D eigenvalue weighted by molar-refractivity contribution is 6.36. The van der Waals surface area contributed by atoms with Gasteiger partial charge in [0.1, 0.15) is 0 Å². The molecule has 1 unspecified atom stereocenters. The van der Waals surface area contributed by atoms with Gasteiger partial charge in [-0.3, -0.25) is 9.59 Å². The molecule has 0 radical (unpaired) electrons. The highest BCUT2D eigenvalue weighted by Crippen LogP contribution is 2.42. The lowest BCUT2D eigenvalue weighted by atomic mass is 10.1. The first-order chi connectivity index (χ1) is 14.1. The van der Waals surface area contributed by atoms with Crippen molar-refractivity contribution in [1.82, 2.24) is 9.88 Å². The van der Waals surface area contributed by atoms with Gasteiger partial charge in [0, 0.05) is 37.1 Å². The van der Waals surface area contributed by atoms with E-state index in [9.17, 15) is 22.8 Å². The molecule has 2 fully saturated rings. The van der Waals surface area contributed by atoms with Gasteiger partial charge < -0.3 is 14.8 Å². The van der Waals surface area contributed by atoms with Crippen LogP contribution < -0.4 is 15.8 Å². The SMILES string of the molecule is Cc1c(N2CCC(CNC(=O)C(F)(F)F)C2)c(F)c(Cl)c2ccc(=O)n(C3CC3)c12. The van der Waals surface area contributed by atoms with Crippen LogP contribution in [0.1, 0.15) is 30.9 Å². The minimum Gasteiger partial charge on any atom is -0.368 e. The lowest BCUT2D eigenvalue weighted by Crippen LogP contribution is -2.39. The van der Waals surface area contributed by atoms with Gasteiger partial charge in [-0.15, -0.1) is 0 Å². The smallest absolute Gasteiger partial charge is 0.368 e. The van der Waals surface area contributed by atoms with E-state index in [0.717, 1.165) is 12.8 Å². The predicted octanol–water partition coefficient (Wildman–Crippen LogP) is 3.94. The van der Waals surface area contributed by atoms with Crippen LogP contribution in [0.5, 0.6) is 0 Å². The number of hydrogen-bond acceptors (Lipinski definition) is 3. The molecule has 5 nitrogen and oxygen atoms in total. The summed E-state index contributed by atoms with van der Waals surface area (Å²) in [5.41, 5.74) is 1.27. The molecule has 162 valence electrons. The Morgan fingerprint density at radius 1 is 1.27 bits per heavy atom. The van der Waals surface area contributed by atoms with Crippen LogP contribution in [0.2, 0.25) is 5.02 Å². The summed E-state index contributed by atoms with van der Waals surface area (Å²) in [6.07, 6.45) is -2.70. The summed E-state index contributed by atoms with van der Waals surface area (Å²) in [5, 5.41) is 2.28. The van der Waals surface area contributed by atoms with Crippen molar-refractivity contribution >= 4 is 34.1 Å². The molecular weight excluding hydrogens is 426 g/mol. The highest BCUT2D eigenvalue weighted by Gasteiger charge is 2.39. The molecule has 0 bridgehead atoms. The third-order valence-corrected chi connectivity index (χ3v) is 6.17. The van der Waals surface area contributed by atoms with Gasteiger partial charge in [-0.1, -0.05) is 11.6 Å². The van der Waals surface area contributed by atoms with E-state index in [0.29, 0.717) is 29.4 Å². The molecule has 1 atom stereocenters. The largest absolute Gasteiger partial charge is 0.471 e. The van der Waals surface area contributed by atoms with Crippen LogP contribution in [0.4, 0.5) is 23.2 Å². The number of halogens is 5. The number of nitrogens with one attached hydrogen (secondary N) is 1. The number of benzene rings is 1. The van der Waals surface area contributed by atoms with Crippen molar-refractivity contribution < 1.29 is 22.4 Å². The minimum atomic E-state index is -4.93. The number of hydrogen-bond donors (Lipinski definition) is 1. The molecule has 1 saturated carbocycles. The maximum atomic E-state index is 15.2. The second-order valence-corrected chi connectivity index (χ2v) is 8.32. The van der Waals surface area contributed by atoms with E-state index < -0.39 is 17.9 Å². The average molecular weight is 446 g/mol. The maximum Gasteiger partial charge on any atom is 0.471 e. The fourth-order valence-corrected chi connectivity index (χ4v) is 4.47. The Balaban J connectivity index is 1.66. The van der Waals surface area contributed by atoms with Crippen LogP contribution in [0.15, 0.2) is 16.9 Å². The van der Waals surface area contributed by atoms with E-state index in [2.05, 4.69) is 0 Å². The van der Waals surface area contributed by atoms with Crippen LogP contribution in [0.3, 0.4) is 0 Å². The van der Waals surface area contributed by atoms with E-state index in [1.54, 1.807) is 16.4 Å². The third-order valence-electron chi connectivity index (χ3n) is 5.80.